The van der Waals surface area contributed by atoms with Gasteiger partial charge in [0, 0.05) is 32.7 Å². The molecule has 0 spiro atoms. The zero-order chi connectivity index (χ0) is 18.3. The molecule has 25 heavy (non-hydrogen) atoms. The van der Waals surface area contributed by atoms with Gasteiger partial charge in [0.25, 0.3) is 0 Å². The molecule has 7 heteroatoms. The van der Waals surface area contributed by atoms with E-state index in [2.05, 4.69) is 37.4 Å². The summed E-state index contributed by atoms with van der Waals surface area (Å²) in [4.78, 5) is 18.5. The average molecular weight is 367 g/mol. The van der Waals surface area contributed by atoms with E-state index in [4.69, 9.17) is 4.74 Å². The maximum absolute atomic E-state index is 11.8. The molecule has 1 aromatic rings. The number of nitrogens with one attached hydrogen (secondary N) is 2. The Kier molecular flexibility index (Phi) is 7.25. The van der Waals surface area contributed by atoms with Crippen molar-refractivity contribution in [3.8, 4) is 0 Å². The first-order valence-electron chi connectivity index (χ1n) is 8.78. The molecule has 6 nitrogen and oxygen atoms in total. The van der Waals surface area contributed by atoms with Crippen molar-refractivity contribution >= 4 is 23.3 Å². The van der Waals surface area contributed by atoms with Gasteiger partial charge in [-0.05, 0) is 56.0 Å². The van der Waals surface area contributed by atoms with E-state index in [-0.39, 0.29) is 12.5 Å². The summed E-state index contributed by atoms with van der Waals surface area (Å²) in [6, 6.07) is 2.57. The van der Waals surface area contributed by atoms with Crippen molar-refractivity contribution in [1.29, 1.82) is 0 Å². The maximum atomic E-state index is 11.8. The van der Waals surface area contributed by atoms with Crippen molar-refractivity contribution in [1.82, 2.24) is 15.5 Å². The third kappa shape index (κ3) is 7.44. The van der Waals surface area contributed by atoms with Crippen LogP contribution in [0.2, 0.25) is 0 Å². The third-order valence-electron chi connectivity index (χ3n) is 3.96. The summed E-state index contributed by atoms with van der Waals surface area (Å²) in [5, 5.41) is 10.8. The van der Waals surface area contributed by atoms with Crippen molar-refractivity contribution in [2.45, 2.75) is 51.8 Å². The minimum Gasteiger partial charge on any atom is -0.459 e. The molecule has 0 aromatic carbocycles. The lowest BCUT2D eigenvalue weighted by Crippen LogP contribution is -2.49. The van der Waals surface area contributed by atoms with Crippen LogP contribution in [0.3, 0.4) is 0 Å². The predicted octanol–water partition coefficient (Wildman–Crippen LogP) is 2.22. The molecule has 1 fully saturated rings. The van der Waals surface area contributed by atoms with E-state index in [1.54, 1.807) is 18.4 Å². The molecule has 2 heterocycles. The highest BCUT2D eigenvalue weighted by Crippen LogP contribution is 2.15. The molecule has 0 amide bonds. The smallest absolute Gasteiger partial charge is 0.325 e. The van der Waals surface area contributed by atoms with Crippen molar-refractivity contribution in [3.63, 3.8) is 0 Å². The van der Waals surface area contributed by atoms with Crippen LogP contribution in [-0.2, 0) is 16.1 Å². The lowest BCUT2D eigenvalue weighted by molar-refractivity contribution is -0.153. The molecule has 0 saturated carbocycles. The standard InChI is InChI=1S/C18H30N4O2S/c1-18(2,3)24-16(23)11-20-17(19-4)21-15-5-8-22(9-6-15)12-14-7-10-25-13-14/h7,10,13,15H,5-6,8-9,11-12H2,1-4H3,(H2,19,20,21). The molecule has 2 rings (SSSR count). The van der Waals surface area contributed by atoms with Crippen molar-refractivity contribution in [2.24, 2.45) is 4.99 Å². The second-order valence-electron chi connectivity index (χ2n) is 7.34. The number of aliphatic imine (C=N–C) groups is 1. The second-order valence-corrected chi connectivity index (χ2v) is 8.12. The first-order chi connectivity index (χ1) is 11.9. The lowest BCUT2D eigenvalue weighted by Gasteiger charge is -2.32. The van der Waals surface area contributed by atoms with Gasteiger partial charge in [0.15, 0.2) is 5.96 Å². The summed E-state index contributed by atoms with van der Waals surface area (Å²) in [5.74, 6) is 0.378. The van der Waals surface area contributed by atoms with Gasteiger partial charge in [-0.15, -0.1) is 0 Å². The molecule has 2 N–H and O–H groups in total. The Bertz CT molecular complexity index is 558. The first-order valence-corrected chi connectivity index (χ1v) is 9.72. The van der Waals surface area contributed by atoms with Crippen LogP contribution in [0.5, 0.6) is 0 Å². The van der Waals surface area contributed by atoms with Crippen LogP contribution in [0.4, 0.5) is 0 Å². The Hall–Kier alpha value is -1.60. The van der Waals surface area contributed by atoms with Gasteiger partial charge in [-0.2, -0.15) is 11.3 Å². The highest BCUT2D eigenvalue weighted by atomic mass is 32.1. The summed E-state index contributed by atoms with van der Waals surface area (Å²) in [7, 11) is 1.72. The van der Waals surface area contributed by atoms with Gasteiger partial charge in [-0.3, -0.25) is 14.7 Å². The molecule has 1 saturated heterocycles. The molecule has 1 aromatic heterocycles. The van der Waals surface area contributed by atoms with E-state index in [0.29, 0.717) is 12.0 Å². The molecule has 0 aliphatic carbocycles. The van der Waals surface area contributed by atoms with Crippen LogP contribution < -0.4 is 10.6 Å². The average Bonchev–Trinajstić information content (AvgIpc) is 3.04. The Balaban J connectivity index is 1.69. The number of ether oxygens (including phenoxy) is 1. The maximum Gasteiger partial charge on any atom is 0.325 e. The van der Waals surface area contributed by atoms with Gasteiger partial charge in [-0.25, -0.2) is 0 Å². The molecule has 1 aliphatic heterocycles. The molecule has 1 aliphatic rings. The number of nitrogens with zero attached hydrogens (tertiary/aromatic N) is 2. The highest BCUT2D eigenvalue weighted by Gasteiger charge is 2.21. The van der Waals surface area contributed by atoms with Crippen LogP contribution >= 0.6 is 11.3 Å². The number of esters is 1. The number of piperidine rings is 1. The van der Waals surface area contributed by atoms with E-state index >= 15 is 0 Å². The van der Waals surface area contributed by atoms with Gasteiger partial charge >= 0.3 is 5.97 Å². The molecular formula is C18H30N4O2S. The summed E-state index contributed by atoms with van der Waals surface area (Å²) in [6.45, 7) is 8.87. The first kappa shape index (κ1) is 19.7. The van der Waals surface area contributed by atoms with Crippen molar-refractivity contribution < 1.29 is 9.53 Å². The molecule has 0 atom stereocenters. The third-order valence-corrected chi connectivity index (χ3v) is 4.69. The summed E-state index contributed by atoms with van der Waals surface area (Å²) in [6.07, 6.45) is 2.13. The number of carbonyl (C=O) groups excluding carboxylic acids is 1. The van der Waals surface area contributed by atoms with Crippen molar-refractivity contribution in [3.05, 3.63) is 22.4 Å². The summed E-state index contributed by atoms with van der Waals surface area (Å²) >= 11 is 1.75. The molecule has 0 radical (unpaired) electrons. The van der Waals surface area contributed by atoms with E-state index in [0.717, 1.165) is 32.5 Å². The minimum absolute atomic E-state index is 0.119. The molecular weight excluding hydrogens is 336 g/mol. The number of thiophene rings is 1. The van der Waals surface area contributed by atoms with Gasteiger partial charge in [-0.1, -0.05) is 0 Å². The zero-order valence-corrected chi connectivity index (χ0v) is 16.5. The Morgan fingerprint density at radius 3 is 2.68 bits per heavy atom. The van der Waals surface area contributed by atoms with Gasteiger partial charge in [0.05, 0.1) is 0 Å². The second kappa shape index (κ2) is 9.20. The Morgan fingerprint density at radius 2 is 2.12 bits per heavy atom. The Morgan fingerprint density at radius 1 is 1.40 bits per heavy atom. The van der Waals surface area contributed by atoms with E-state index in [1.165, 1.54) is 5.56 Å². The number of hydrogen-bond acceptors (Lipinski definition) is 5. The number of guanidine groups is 1. The van der Waals surface area contributed by atoms with Crippen LogP contribution in [0.25, 0.3) is 0 Å². The summed E-state index contributed by atoms with van der Waals surface area (Å²) in [5.41, 5.74) is 0.927. The fraction of sp³-hybridized carbons (Fsp3) is 0.667. The molecule has 0 unspecified atom stereocenters. The number of rotatable bonds is 5. The largest absolute Gasteiger partial charge is 0.459 e. The van der Waals surface area contributed by atoms with Gasteiger partial charge in [0.1, 0.15) is 12.1 Å². The fourth-order valence-corrected chi connectivity index (χ4v) is 3.46. The number of likely N-dealkylation sites (tertiary alicyclic amines) is 1. The van der Waals surface area contributed by atoms with Crippen LogP contribution in [0.1, 0.15) is 39.2 Å². The highest BCUT2D eigenvalue weighted by molar-refractivity contribution is 7.07. The van der Waals surface area contributed by atoms with E-state index in [1.807, 2.05) is 20.8 Å². The van der Waals surface area contributed by atoms with Crippen LogP contribution in [0.15, 0.2) is 21.8 Å². The summed E-state index contributed by atoms with van der Waals surface area (Å²) < 4.78 is 5.30. The van der Waals surface area contributed by atoms with Crippen LogP contribution in [0, 0.1) is 0 Å². The molecule has 140 valence electrons. The monoisotopic (exact) mass is 366 g/mol. The number of hydrogen-bond donors (Lipinski definition) is 2. The van der Waals surface area contributed by atoms with Crippen molar-refractivity contribution in [2.75, 3.05) is 26.7 Å². The minimum atomic E-state index is -0.467. The topological polar surface area (TPSA) is 66.0 Å². The SMILES string of the molecule is CN=C(NCC(=O)OC(C)(C)C)NC1CCN(Cc2ccsc2)CC1. The normalized spacial score (nSPS) is 17.4. The quantitative estimate of drug-likeness (QED) is 0.475. The zero-order valence-electron chi connectivity index (χ0n) is 15.7. The van der Waals surface area contributed by atoms with E-state index in [9.17, 15) is 4.79 Å². The fourth-order valence-electron chi connectivity index (χ4n) is 2.80. The van der Waals surface area contributed by atoms with E-state index < -0.39 is 5.60 Å². The Labute approximate surface area is 154 Å². The van der Waals surface area contributed by atoms with Crippen LogP contribution in [-0.4, -0.2) is 55.2 Å². The molecule has 0 bridgehead atoms. The predicted molar refractivity (Wildman–Crippen MR) is 103 cm³/mol. The van der Waals surface area contributed by atoms with Gasteiger partial charge < -0.3 is 15.4 Å². The number of carbonyl (C=O) groups is 1. The van der Waals surface area contributed by atoms with Gasteiger partial charge in [0.2, 0.25) is 0 Å². The lowest BCUT2D eigenvalue weighted by atomic mass is 10.0.